The number of ether oxygens (including phenoxy) is 1. The zero-order valence-corrected chi connectivity index (χ0v) is 13.1. The van der Waals surface area contributed by atoms with E-state index in [0.29, 0.717) is 18.7 Å². The maximum Gasteiger partial charge on any atom is 0.424 e. The van der Waals surface area contributed by atoms with E-state index in [0.717, 1.165) is 18.5 Å². The second-order valence-electron chi connectivity index (χ2n) is 6.43. The third kappa shape index (κ3) is 4.17. The van der Waals surface area contributed by atoms with E-state index in [1.807, 2.05) is 31.8 Å². The van der Waals surface area contributed by atoms with E-state index in [-0.39, 0.29) is 11.9 Å². The van der Waals surface area contributed by atoms with Crippen molar-refractivity contribution in [3.63, 3.8) is 0 Å². The number of hydrogen-bond donors (Lipinski definition) is 0. The molecule has 1 aliphatic heterocycles. The second-order valence-corrected chi connectivity index (χ2v) is 6.43. The molecule has 5 heteroatoms. The predicted molar refractivity (Wildman–Crippen MR) is 79.1 cm³/mol. The first-order chi connectivity index (χ1) is 9.76. The van der Waals surface area contributed by atoms with Crippen LogP contribution in [0.1, 0.15) is 38.3 Å². The van der Waals surface area contributed by atoms with Crippen LogP contribution >= 0.6 is 0 Å². The molecule has 0 aliphatic carbocycles. The summed E-state index contributed by atoms with van der Waals surface area (Å²) in [4.78, 5) is 12.2. The Hall–Kier alpha value is -1.62. The summed E-state index contributed by atoms with van der Waals surface area (Å²) in [7, 11) is 0. The van der Waals surface area contributed by atoms with Gasteiger partial charge in [0.05, 0.1) is 0 Å². The minimum absolute atomic E-state index is 0.204. The number of halogens is 1. The molecule has 0 atom stereocenters. The van der Waals surface area contributed by atoms with E-state index in [1.54, 1.807) is 18.0 Å². The van der Waals surface area contributed by atoms with Crippen molar-refractivity contribution in [3.8, 4) is 0 Å². The maximum atomic E-state index is 13.3. The number of amides is 1. The van der Waals surface area contributed by atoms with E-state index in [4.69, 9.17) is 4.74 Å². The van der Waals surface area contributed by atoms with Gasteiger partial charge in [0.25, 0.3) is 0 Å². The van der Waals surface area contributed by atoms with Gasteiger partial charge in [0.2, 0.25) is 0 Å². The monoisotopic (exact) mass is 294 g/mol. The van der Waals surface area contributed by atoms with Crippen molar-refractivity contribution in [1.82, 2.24) is 10.0 Å². The van der Waals surface area contributed by atoms with Gasteiger partial charge in [0.15, 0.2) is 0 Å². The van der Waals surface area contributed by atoms with Crippen LogP contribution in [0.2, 0.25) is 0 Å². The van der Waals surface area contributed by atoms with Crippen LogP contribution in [-0.4, -0.2) is 34.8 Å². The molecule has 116 valence electrons. The van der Waals surface area contributed by atoms with Crippen molar-refractivity contribution in [2.24, 2.45) is 0 Å². The highest BCUT2D eigenvalue weighted by Gasteiger charge is 2.30. The Bertz CT molecular complexity index is 525. The van der Waals surface area contributed by atoms with Gasteiger partial charge in [-0.05, 0) is 51.3 Å². The van der Waals surface area contributed by atoms with Crippen LogP contribution < -0.4 is 0 Å². The number of hydrogen-bond acceptors (Lipinski definition) is 3. The summed E-state index contributed by atoms with van der Waals surface area (Å²) in [6.07, 6.45) is 0.596. The van der Waals surface area contributed by atoms with Crippen molar-refractivity contribution >= 4 is 6.09 Å². The first-order valence-corrected chi connectivity index (χ1v) is 7.27. The minimum Gasteiger partial charge on any atom is -0.443 e. The third-order valence-electron chi connectivity index (χ3n) is 3.32. The normalized spacial score (nSPS) is 16.3. The predicted octanol–water partition coefficient (Wildman–Crippen LogP) is 3.49. The molecule has 4 nitrogen and oxygen atoms in total. The van der Waals surface area contributed by atoms with Gasteiger partial charge in [-0.1, -0.05) is 12.1 Å². The Morgan fingerprint density at radius 1 is 1.33 bits per heavy atom. The Labute approximate surface area is 125 Å². The van der Waals surface area contributed by atoms with Gasteiger partial charge in [-0.15, -0.1) is 0 Å². The molecule has 0 saturated carbocycles. The average Bonchev–Trinajstić information content (AvgIpc) is 2.80. The number of carbonyl (C=O) groups is 1. The fourth-order valence-electron chi connectivity index (χ4n) is 2.37. The second kappa shape index (κ2) is 6.02. The molecule has 0 unspecified atom stereocenters. The highest BCUT2D eigenvalue weighted by Crippen LogP contribution is 2.19. The van der Waals surface area contributed by atoms with Gasteiger partial charge in [-0.2, -0.15) is 0 Å². The SMILES string of the molecule is Cc1cc(CN2CCCN2C(=O)OC(C)(C)C)ccc1F. The first kappa shape index (κ1) is 15.8. The highest BCUT2D eigenvalue weighted by molar-refractivity contribution is 5.67. The van der Waals surface area contributed by atoms with E-state index in [2.05, 4.69) is 0 Å². The minimum atomic E-state index is -0.502. The molecule has 0 bridgehead atoms. The van der Waals surface area contributed by atoms with Crippen molar-refractivity contribution in [1.29, 1.82) is 0 Å². The van der Waals surface area contributed by atoms with Crippen LogP contribution in [0, 0.1) is 12.7 Å². The van der Waals surface area contributed by atoms with Gasteiger partial charge in [-0.25, -0.2) is 19.2 Å². The lowest BCUT2D eigenvalue weighted by molar-refractivity contribution is -0.0294. The van der Waals surface area contributed by atoms with Crippen LogP contribution in [0.5, 0.6) is 0 Å². The quantitative estimate of drug-likeness (QED) is 0.837. The summed E-state index contributed by atoms with van der Waals surface area (Å²) in [5.74, 6) is -0.204. The molecule has 21 heavy (non-hydrogen) atoms. The van der Waals surface area contributed by atoms with E-state index < -0.39 is 5.60 Å². The highest BCUT2D eigenvalue weighted by atomic mass is 19.1. The van der Waals surface area contributed by atoms with E-state index in [9.17, 15) is 9.18 Å². The Morgan fingerprint density at radius 3 is 2.67 bits per heavy atom. The number of nitrogens with zero attached hydrogens (tertiary/aromatic N) is 2. The molecular formula is C16H23FN2O2. The maximum absolute atomic E-state index is 13.3. The number of rotatable bonds is 2. The fourth-order valence-corrected chi connectivity index (χ4v) is 2.37. The molecule has 1 heterocycles. The molecule has 1 aliphatic rings. The number of carbonyl (C=O) groups excluding carboxylic acids is 1. The smallest absolute Gasteiger partial charge is 0.424 e. The molecule has 1 saturated heterocycles. The number of hydrazine groups is 1. The van der Waals surface area contributed by atoms with Crippen LogP contribution in [0.25, 0.3) is 0 Å². The summed E-state index contributed by atoms with van der Waals surface area (Å²) < 4.78 is 18.7. The molecule has 1 amide bonds. The Balaban J connectivity index is 2.05. The summed E-state index contributed by atoms with van der Waals surface area (Å²) >= 11 is 0. The number of aryl methyl sites for hydroxylation is 1. The van der Waals surface area contributed by atoms with Gasteiger partial charge < -0.3 is 4.74 Å². The van der Waals surface area contributed by atoms with Crippen LogP contribution in [0.3, 0.4) is 0 Å². The first-order valence-electron chi connectivity index (χ1n) is 7.27. The van der Waals surface area contributed by atoms with Crippen molar-refractivity contribution in [2.45, 2.75) is 46.3 Å². The summed E-state index contributed by atoms with van der Waals surface area (Å²) in [5, 5.41) is 3.60. The molecule has 0 radical (unpaired) electrons. The molecule has 0 N–H and O–H groups in total. The average molecular weight is 294 g/mol. The summed E-state index contributed by atoms with van der Waals surface area (Å²) in [5.41, 5.74) is 1.11. The lowest BCUT2D eigenvalue weighted by atomic mass is 10.1. The standard InChI is InChI=1S/C16H23FN2O2/c1-12-10-13(6-7-14(12)17)11-18-8-5-9-19(18)15(20)21-16(2,3)4/h6-7,10H,5,8-9,11H2,1-4H3. The fraction of sp³-hybridized carbons (Fsp3) is 0.562. The molecule has 0 spiro atoms. The summed E-state index contributed by atoms with van der Waals surface area (Å²) in [6, 6.07) is 5.05. The Kier molecular flexibility index (Phi) is 4.52. The van der Waals surface area contributed by atoms with Gasteiger partial charge in [0.1, 0.15) is 11.4 Å². The van der Waals surface area contributed by atoms with Crippen LogP contribution in [0.15, 0.2) is 18.2 Å². The number of benzene rings is 1. The van der Waals surface area contributed by atoms with Crippen molar-refractivity contribution in [2.75, 3.05) is 13.1 Å². The lowest BCUT2D eigenvalue weighted by Gasteiger charge is -2.30. The van der Waals surface area contributed by atoms with E-state index in [1.165, 1.54) is 6.07 Å². The molecule has 2 rings (SSSR count). The van der Waals surface area contributed by atoms with Gasteiger partial charge >= 0.3 is 6.09 Å². The van der Waals surface area contributed by atoms with Crippen molar-refractivity contribution in [3.05, 3.63) is 35.1 Å². The van der Waals surface area contributed by atoms with Crippen LogP contribution in [-0.2, 0) is 11.3 Å². The zero-order valence-electron chi connectivity index (χ0n) is 13.1. The molecule has 1 aromatic carbocycles. The van der Waals surface area contributed by atoms with Gasteiger partial charge in [-0.3, -0.25) is 0 Å². The largest absolute Gasteiger partial charge is 0.443 e. The zero-order chi connectivity index (χ0) is 15.6. The molecule has 1 aromatic rings. The van der Waals surface area contributed by atoms with Crippen LogP contribution in [0.4, 0.5) is 9.18 Å². The van der Waals surface area contributed by atoms with E-state index >= 15 is 0 Å². The lowest BCUT2D eigenvalue weighted by Crippen LogP contribution is -2.43. The van der Waals surface area contributed by atoms with Crippen molar-refractivity contribution < 1.29 is 13.9 Å². The van der Waals surface area contributed by atoms with Gasteiger partial charge in [0, 0.05) is 19.6 Å². The molecule has 0 aromatic heterocycles. The summed E-state index contributed by atoms with van der Waals surface area (Å²) in [6.45, 7) is 9.36. The Morgan fingerprint density at radius 2 is 2.05 bits per heavy atom. The molecule has 1 fully saturated rings. The topological polar surface area (TPSA) is 32.8 Å². The molecular weight excluding hydrogens is 271 g/mol. The third-order valence-corrected chi connectivity index (χ3v) is 3.32.